The Bertz CT molecular complexity index is 533. The lowest BCUT2D eigenvalue weighted by Crippen LogP contribution is -2.31. The molecule has 0 N–H and O–H groups in total. The van der Waals surface area contributed by atoms with Gasteiger partial charge in [0.2, 0.25) is 5.75 Å². The number of esters is 1. The number of carbonyl (C=O) groups excluding carboxylic acids is 1. The first kappa shape index (κ1) is 14.7. The van der Waals surface area contributed by atoms with Crippen molar-refractivity contribution in [1.82, 2.24) is 4.98 Å². The van der Waals surface area contributed by atoms with Crippen LogP contribution in [0.1, 0.15) is 19.8 Å². The molecular weight excluding hydrogens is 332 g/mol. The lowest BCUT2D eigenvalue weighted by molar-refractivity contribution is -0.386. The molecule has 0 aliphatic heterocycles. The summed E-state index contributed by atoms with van der Waals surface area (Å²) in [6.45, 7) is 1.94. The third-order valence-electron chi connectivity index (χ3n) is 2.84. The van der Waals surface area contributed by atoms with Gasteiger partial charge >= 0.3 is 11.7 Å². The number of hydrogen-bond donors (Lipinski definition) is 0. The number of ether oxygens (including phenoxy) is 2. The SMILES string of the molecule is CCOC(=O)C(Oc1c(Br)cncc1[N+](=O)[O-])C1CC1. The normalized spacial score (nSPS) is 15.5. The zero-order chi connectivity index (χ0) is 14.7. The quantitative estimate of drug-likeness (QED) is 0.447. The first-order valence-electron chi connectivity index (χ1n) is 6.15. The predicted octanol–water partition coefficient (Wildman–Crippen LogP) is 2.47. The highest BCUT2D eigenvalue weighted by Crippen LogP contribution is 2.40. The van der Waals surface area contributed by atoms with Crippen molar-refractivity contribution in [2.24, 2.45) is 5.92 Å². The maximum Gasteiger partial charge on any atom is 0.347 e. The average molecular weight is 345 g/mol. The lowest BCUT2D eigenvalue weighted by Gasteiger charge is -2.17. The summed E-state index contributed by atoms with van der Waals surface area (Å²) < 4.78 is 10.9. The van der Waals surface area contributed by atoms with Gasteiger partial charge in [0.25, 0.3) is 0 Å². The number of halogens is 1. The van der Waals surface area contributed by atoms with Gasteiger partial charge in [-0.25, -0.2) is 4.79 Å². The van der Waals surface area contributed by atoms with Gasteiger partial charge in [0.15, 0.2) is 6.10 Å². The summed E-state index contributed by atoms with van der Waals surface area (Å²) in [6, 6.07) is 0. The molecule has 8 heteroatoms. The van der Waals surface area contributed by atoms with Crippen LogP contribution < -0.4 is 4.74 Å². The molecule has 0 spiro atoms. The molecule has 1 atom stereocenters. The highest BCUT2D eigenvalue weighted by Gasteiger charge is 2.40. The van der Waals surface area contributed by atoms with Gasteiger partial charge in [-0.1, -0.05) is 0 Å². The minimum Gasteiger partial charge on any atom is -0.470 e. The standard InChI is InChI=1S/C12H13BrN2O5/c1-2-19-12(16)10(7-3-4-7)20-11-8(13)5-14-6-9(11)15(17)18/h5-7,10H,2-4H2,1H3. The number of carbonyl (C=O) groups is 1. The lowest BCUT2D eigenvalue weighted by atomic mass is 10.2. The molecule has 1 unspecified atom stereocenters. The van der Waals surface area contributed by atoms with E-state index in [-0.39, 0.29) is 24.0 Å². The van der Waals surface area contributed by atoms with Crippen molar-refractivity contribution in [2.75, 3.05) is 6.61 Å². The van der Waals surface area contributed by atoms with Crippen LogP contribution in [0.2, 0.25) is 0 Å². The van der Waals surface area contributed by atoms with E-state index in [0.717, 1.165) is 19.0 Å². The van der Waals surface area contributed by atoms with E-state index >= 15 is 0 Å². The molecule has 0 bridgehead atoms. The van der Waals surface area contributed by atoms with Gasteiger partial charge in [-0.15, -0.1) is 0 Å². The number of aromatic nitrogens is 1. The summed E-state index contributed by atoms with van der Waals surface area (Å²) >= 11 is 3.16. The molecule has 1 aliphatic carbocycles. The zero-order valence-electron chi connectivity index (χ0n) is 10.7. The molecule has 0 saturated heterocycles. The fraction of sp³-hybridized carbons (Fsp3) is 0.500. The molecule has 2 rings (SSSR count). The average Bonchev–Trinajstić information content (AvgIpc) is 3.21. The van der Waals surface area contributed by atoms with Crippen molar-refractivity contribution in [3.8, 4) is 5.75 Å². The van der Waals surface area contributed by atoms with Crippen LogP contribution >= 0.6 is 15.9 Å². The molecule has 1 aliphatic rings. The molecule has 0 aromatic carbocycles. The Morgan fingerprint density at radius 2 is 2.30 bits per heavy atom. The zero-order valence-corrected chi connectivity index (χ0v) is 12.3. The Labute approximate surface area is 123 Å². The smallest absolute Gasteiger partial charge is 0.347 e. The van der Waals surface area contributed by atoms with Crippen LogP contribution in [0.5, 0.6) is 5.75 Å². The molecule has 1 saturated carbocycles. The van der Waals surface area contributed by atoms with Crippen molar-refractivity contribution in [3.63, 3.8) is 0 Å². The van der Waals surface area contributed by atoms with Crippen molar-refractivity contribution in [3.05, 3.63) is 27.0 Å². The van der Waals surface area contributed by atoms with E-state index in [4.69, 9.17) is 9.47 Å². The summed E-state index contributed by atoms with van der Waals surface area (Å²) in [7, 11) is 0. The Kier molecular flexibility index (Phi) is 4.53. The topological polar surface area (TPSA) is 91.6 Å². The summed E-state index contributed by atoms with van der Waals surface area (Å²) in [4.78, 5) is 26.0. The van der Waals surface area contributed by atoms with Gasteiger partial charge in [0.1, 0.15) is 6.20 Å². The van der Waals surface area contributed by atoms with Gasteiger partial charge < -0.3 is 9.47 Å². The molecule has 7 nitrogen and oxygen atoms in total. The Balaban J connectivity index is 2.26. The highest BCUT2D eigenvalue weighted by molar-refractivity contribution is 9.10. The molecule has 0 amide bonds. The Morgan fingerprint density at radius 1 is 1.60 bits per heavy atom. The number of pyridine rings is 1. The predicted molar refractivity (Wildman–Crippen MR) is 72.4 cm³/mol. The van der Waals surface area contributed by atoms with E-state index in [1.807, 2.05) is 0 Å². The van der Waals surface area contributed by atoms with Crippen LogP contribution in [-0.2, 0) is 9.53 Å². The highest BCUT2D eigenvalue weighted by atomic mass is 79.9. The van der Waals surface area contributed by atoms with Gasteiger partial charge in [0, 0.05) is 12.1 Å². The second kappa shape index (κ2) is 6.17. The Hall–Kier alpha value is -1.70. The molecular formula is C12H13BrN2O5. The maximum atomic E-state index is 11.9. The molecule has 20 heavy (non-hydrogen) atoms. The second-order valence-electron chi connectivity index (χ2n) is 4.35. The number of hydrogen-bond acceptors (Lipinski definition) is 6. The van der Waals surface area contributed by atoms with Crippen LogP contribution in [-0.4, -0.2) is 28.6 Å². The maximum absolute atomic E-state index is 11.9. The summed E-state index contributed by atoms with van der Waals surface area (Å²) in [5.41, 5.74) is -0.283. The summed E-state index contributed by atoms with van der Waals surface area (Å²) in [6.07, 6.45) is 3.36. The van der Waals surface area contributed by atoms with Crippen molar-refractivity contribution in [1.29, 1.82) is 0 Å². The van der Waals surface area contributed by atoms with Gasteiger partial charge in [-0.3, -0.25) is 15.1 Å². The van der Waals surface area contributed by atoms with E-state index in [1.165, 1.54) is 6.20 Å². The van der Waals surface area contributed by atoms with E-state index in [2.05, 4.69) is 20.9 Å². The van der Waals surface area contributed by atoms with Crippen LogP contribution in [0.15, 0.2) is 16.9 Å². The monoisotopic (exact) mass is 344 g/mol. The van der Waals surface area contributed by atoms with Crippen molar-refractivity contribution in [2.45, 2.75) is 25.9 Å². The Morgan fingerprint density at radius 3 is 2.85 bits per heavy atom. The van der Waals surface area contributed by atoms with Crippen LogP contribution in [0.3, 0.4) is 0 Å². The first-order chi connectivity index (χ1) is 9.54. The largest absolute Gasteiger partial charge is 0.470 e. The van der Waals surface area contributed by atoms with Gasteiger partial charge in [0.05, 0.1) is 16.0 Å². The number of nitro groups is 1. The van der Waals surface area contributed by atoms with Crippen LogP contribution in [0.25, 0.3) is 0 Å². The fourth-order valence-electron chi connectivity index (χ4n) is 1.75. The summed E-state index contributed by atoms with van der Waals surface area (Å²) in [5, 5.41) is 11.0. The van der Waals surface area contributed by atoms with Gasteiger partial charge in [-0.05, 0) is 35.7 Å². The second-order valence-corrected chi connectivity index (χ2v) is 5.21. The summed E-state index contributed by atoms with van der Waals surface area (Å²) in [5.74, 6) is -0.434. The van der Waals surface area contributed by atoms with E-state index < -0.39 is 17.0 Å². The third kappa shape index (κ3) is 3.24. The van der Waals surface area contributed by atoms with Crippen molar-refractivity contribution < 1.29 is 19.2 Å². The molecule has 108 valence electrons. The minimum absolute atomic E-state index is 0.00922. The van der Waals surface area contributed by atoms with Crippen molar-refractivity contribution >= 4 is 27.6 Å². The first-order valence-corrected chi connectivity index (χ1v) is 6.95. The third-order valence-corrected chi connectivity index (χ3v) is 3.41. The van der Waals surface area contributed by atoms with Crippen LogP contribution in [0, 0.1) is 16.0 Å². The number of rotatable bonds is 6. The molecule has 1 aromatic heterocycles. The minimum atomic E-state index is -0.813. The number of nitrogens with zero attached hydrogens (tertiary/aromatic N) is 2. The fourth-order valence-corrected chi connectivity index (χ4v) is 2.16. The van der Waals surface area contributed by atoms with E-state index in [1.54, 1.807) is 6.92 Å². The van der Waals surface area contributed by atoms with Gasteiger partial charge in [-0.2, -0.15) is 0 Å². The van der Waals surface area contributed by atoms with E-state index in [0.29, 0.717) is 4.47 Å². The van der Waals surface area contributed by atoms with E-state index in [9.17, 15) is 14.9 Å². The molecule has 0 radical (unpaired) electrons. The molecule has 1 fully saturated rings. The van der Waals surface area contributed by atoms with Crippen LogP contribution in [0.4, 0.5) is 5.69 Å². The molecule has 1 heterocycles. The molecule has 1 aromatic rings.